The summed E-state index contributed by atoms with van der Waals surface area (Å²) in [6.45, 7) is 2.03. The largest absolute Gasteiger partial charge is 0.365 e. The molecular formula is C7H9N5O2S. The van der Waals surface area contributed by atoms with Crippen LogP contribution in [0.4, 0.5) is 0 Å². The molecule has 8 heteroatoms. The third-order valence-corrected chi connectivity index (χ3v) is 2.53. The van der Waals surface area contributed by atoms with E-state index in [4.69, 9.17) is 0 Å². The van der Waals surface area contributed by atoms with Crippen molar-refractivity contribution in [2.75, 3.05) is 13.1 Å². The molecule has 1 aromatic heterocycles. The molecule has 0 saturated carbocycles. The van der Waals surface area contributed by atoms with E-state index in [1.807, 2.05) is 4.90 Å². The average molecular weight is 227 g/mol. The van der Waals surface area contributed by atoms with Crippen molar-refractivity contribution in [1.82, 2.24) is 19.0 Å². The van der Waals surface area contributed by atoms with Crippen molar-refractivity contribution in [1.29, 1.82) is 0 Å². The van der Waals surface area contributed by atoms with Crippen LogP contribution in [0.3, 0.4) is 0 Å². The number of nitrogens with one attached hydrogen (secondary N) is 1. The third-order valence-electron chi connectivity index (χ3n) is 2.02. The Balaban J connectivity index is 2.05. The highest BCUT2D eigenvalue weighted by Gasteiger charge is 2.20. The first-order valence-electron chi connectivity index (χ1n) is 4.36. The summed E-state index contributed by atoms with van der Waals surface area (Å²) in [7, 11) is 0. The van der Waals surface area contributed by atoms with E-state index >= 15 is 0 Å². The molecule has 0 atom stereocenters. The molecule has 1 aliphatic rings. The van der Waals surface area contributed by atoms with Crippen LogP contribution in [0.2, 0.25) is 0 Å². The second kappa shape index (κ2) is 4.22. The molecule has 0 aromatic carbocycles. The number of nitrogens with zero attached hydrogens (tertiary/aromatic N) is 4. The quantitative estimate of drug-likeness (QED) is 0.579. The van der Waals surface area contributed by atoms with Gasteiger partial charge in [-0.1, -0.05) is 0 Å². The van der Waals surface area contributed by atoms with E-state index in [2.05, 4.69) is 14.1 Å². The minimum atomic E-state index is -0.458. The van der Waals surface area contributed by atoms with Gasteiger partial charge in [0.25, 0.3) is 6.20 Å². The summed E-state index contributed by atoms with van der Waals surface area (Å²) in [6.07, 6.45) is 2.65. The molecular weight excluding hydrogens is 218 g/mol. The van der Waals surface area contributed by atoms with Crippen LogP contribution < -0.4 is 5.32 Å². The molecule has 2 rings (SSSR count). The number of hydrogen-bond donors (Lipinski definition) is 1. The predicted molar refractivity (Wildman–Crippen MR) is 53.4 cm³/mol. The highest BCUT2D eigenvalue weighted by atomic mass is 32.1. The zero-order valence-corrected chi connectivity index (χ0v) is 8.61. The lowest BCUT2D eigenvalue weighted by molar-refractivity contribution is -0.404. The molecule has 0 aliphatic carbocycles. The fraction of sp³-hybridized carbons (Fsp3) is 0.429. The molecule has 0 radical (unpaired) electrons. The molecule has 1 saturated heterocycles. The van der Waals surface area contributed by atoms with Crippen molar-refractivity contribution >= 4 is 11.7 Å². The fourth-order valence-corrected chi connectivity index (χ4v) is 1.82. The second-order valence-electron chi connectivity index (χ2n) is 3.05. The van der Waals surface area contributed by atoms with E-state index < -0.39 is 4.92 Å². The molecule has 0 unspecified atom stereocenters. The van der Waals surface area contributed by atoms with Gasteiger partial charge < -0.3 is 10.2 Å². The number of rotatable bonds is 3. The minimum absolute atomic E-state index is 0.458. The van der Waals surface area contributed by atoms with E-state index in [0.29, 0.717) is 12.4 Å². The van der Waals surface area contributed by atoms with E-state index in [1.165, 1.54) is 0 Å². The summed E-state index contributed by atoms with van der Waals surface area (Å²) >= 11 is 1.14. The Morgan fingerprint density at radius 2 is 2.67 bits per heavy atom. The van der Waals surface area contributed by atoms with Crippen molar-refractivity contribution in [2.24, 2.45) is 0 Å². The summed E-state index contributed by atoms with van der Waals surface area (Å²) in [4.78, 5) is 11.8. The summed E-state index contributed by atoms with van der Waals surface area (Å²) in [5, 5.41) is 13.3. The molecule has 0 spiro atoms. The minimum Gasteiger partial charge on any atom is -0.365 e. The highest BCUT2D eigenvalue weighted by molar-refractivity contribution is 6.99. The Bertz CT molecular complexity index is 377. The van der Waals surface area contributed by atoms with Crippen LogP contribution in [0.25, 0.3) is 0 Å². The zero-order chi connectivity index (χ0) is 10.7. The second-order valence-corrected chi connectivity index (χ2v) is 3.60. The molecule has 1 fully saturated rings. The van der Waals surface area contributed by atoms with E-state index in [9.17, 15) is 10.1 Å². The Kier molecular flexibility index (Phi) is 2.77. The van der Waals surface area contributed by atoms with E-state index in [0.717, 1.165) is 36.7 Å². The smallest absolute Gasteiger partial charge is 0.274 e. The van der Waals surface area contributed by atoms with Gasteiger partial charge in [-0.2, -0.15) is 8.75 Å². The van der Waals surface area contributed by atoms with Crippen molar-refractivity contribution < 1.29 is 4.92 Å². The first-order valence-corrected chi connectivity index (χ1v) is 5.09. The van der Waals surface area contributed by atoms with Crippen molar-refractivity contribution in [3.8, 4) is 0 Å². The molecule has 80 valence electrons. The lowest BCUT2D eigenvalue weighted by Crippen LogP contribution is -2.20. The summed E-state index contributed by atoms with van der Waals surface area (Å²) in [5.41, 5.74) is 0.831. The van der Waals surface area contributed by atoms with Crippen LogP contribution in [-0.2, 0) is 6.54 Å². The SMILES string of the molecule is O=[N+]([O-])C=C1NCCN1Cc1cnsn1. The maximum Gasteiger partial charge on any atom is 0.274 e. The average Bonchev–Trinajstić information content (AvgIpc) is 2.78. The Morgan fingerprint density at radius 1 is 1.80 bits per heavy atom. The molecule has 15 heavy (non-hydrogen) atoms. The Hall–Kier alpha value is -1.70. The number of aromatic nitrogens is 2. The van der Waals surface area contributed by atoms with Crippen LogP contribution in [0.1, 0.15) is 5.69 Å². The lowest BCUT2D eigenvalue weighted by atomic mass is 10.4. The normalized spacial score (nSPS) is 18.1. The maximum absolute atomic E-state index is 10.3. The summed E-state index contributed by atoms with van der Waals surface area (Å²) in [6, 6.07) is 0. The first kappa shape index (κ1) is 9.84. The van der Waals surface area contributed by atoms with E-state index in [1.54, 1.807) is 6.20 Å². The summed E-state index contributed by atoms with van der Waals surface area (Å²) in [5.74, 6) is 0.535. The molecule has 1 aromatic rings. The van der Waals surface area contributed by atoms with Crippen LogP contribution in [0, 0.1) is 10.1 Å². The molecule has 1 N–H and O–H groups in total. The molecule has 1 aliphatic heterocycles. The van der Waals surface area contributed by atoms with Crippen molar-refractivity contribution in [2.45, 2.75) is 6.54 Å². The van der Waals surface area contributed by atoms with Gasteiger partial charge >= 0.3 is 0 Å². The first-order chi connectivity index (χ1) is 7.25. The van der Waals surface area contributed by atoms with Gasteiger partial charge in [-0.05, 0) is 0 Å². The van der Waals surface area contributed by atoms with Gasteiger partial charge in [-0.25, -0.2) is 0 Å². The molecule has 0 amide bonds. The number of hydrogen-bond acceptors (Lipinski definition) is 7. The van der Waals surface area contributed by atoms with Crippen LogP contribution >= 0.6 is 11.7 Å². The van der Waals surface area contributed by atoms with Gasteiger partial charge in [0.2, 0.25) is 0 Å². The van der Waals surface area contributed by atoms with Gasteiger partial charge in [0.05, 0.1) is 35.1 Å². The molecule has 7 nitrogen and oxygen atoms in total. The van der Waals surface area contributed by atoms with Crippen molar-refractivity contribution in [3.05, 3.63) is 34.0 Å². The lowest BCUT2D eigenvalue weighted by Gasteiger charge is -2.14. The molecule has 0 bridgehead atoms. The van der Waals surface area contributed by atoms with Gasteiger partial charge in [0, 0.05) is 13.1 Å². The monoisotopic (exact) mass is 227 g/mol. The Labute approximate surface area is 89.9 Å². The predicted octanol–water partition coefficient (Wildman–Crippen LogP) is 0.0189. The van der Waals surface area contributed by atoms with Gasteiger partial charge in [-0.3, -0.25) is 10.1 Å². The van der Waals surface area contributed by atoms with Crippen molar-refractivity contribution in [3.63, 3.8) is 0 Å². The van der Waals surface area contributed by atoms with Gasteiger partial charge in [0.15, 0.2) is 5.82 Å². The Morgan fingerprint density at radius 3 is 3.33 bits per heavy atom. The zero-order valence-electron chi connectivity index (χ0n) is 7.79. The van der Waals surface area contributed by atoms with E-state index in [-0.39, 0.29) is 0 Å². The third kappa shape index (κ3) is 2.40. The topological polar surface area (TPSA) is 84.2 Å². The standard InChI is InChI=1S/C7H9N5O2S/c13-12(14)5-7-8-1-2-11(7)4-6-3-9-15-10-6/h3,5,8H,1-2,4H2. The van der Waals surface area contributed by atoms with Crippen LogP contribution in [0.5, 0.6) is 0 Å². The fourth-order valence-electron chi connectivity index (χ4n) is 1.39. The van der Waals surface area contributed by atoms with Crippen LogP contribution in [-0.4, -0.2) is 31.7 Å². The summed E-state index contributed by atoms with van der Waals surface area (Å²) < 4.78 is 7.94. The molecule has 2 heterocycles. The van der Waals surface area contributed by atoms with Crippen LogP contribution in [0.15, 0.2) is 18.2 Å². The maximum atomic E-state index is 10.3. The van der Waals surface area contributed by atoms with Gasteiger partial charge in [0.1, 0.15) is 0 Å². The highest BCUT2D eigenvalue weighted by Crippen LogP contribution is 2.11. The van der Waals surface area contributed by atoms with Gasteiger partial charge in [-0.15, -0.1) is 0 Å². The number of nitro groups is 1.